The predicted octanol–water partition coefficient (Wildman–Crippen LogP) is 2.82. The maximum absolute atomic E-state index is 12.6. The number of ether oxygens (including phenoxy) is 1. The summed E-state index contributed by atoms with van der Waals surface area (Å²) in [6, 6.07) is 5.34. The molecule has 2 amide bonds. The van der Waals surface area contributed by atoms with E-state index in [1.54, 1.807) is 45.0 Å². The van der Waals surface area contributed by atoms with Gasteiger partial charge in [-0.1, -0.05) is 50.6 Å². The summed E-state index contributed by atoms with van der Waals surface area (Å²) in [4.78, 5) is 24.4. The second kappa shape index (κ2) is 11.0. The van der Waals surface area contributed by atoms with Gasteiger partial charge in [-0.15, -0.1) is 0 Å². The smallest absolute Gasteiger partial charge is 0.408 e. The molecule has 3 atom stereocenters. The maximum Gasteiger partial charge on any atom is 0.408 e. The highest BCUT2D eigenvalue weighted by Gasteiger charge is 2.28. The number of aliphatic hydroxyl groups is 1. The Labute approximate surface area is 158 Å². The summed E-state index contributed by atoms with van der Waals surface area (Å²) in [6.07, 6.45) is -1.69. The minimum Gasteiger partial charge on any atom is -0.445 e. The molecule has 0 aromatic heterocycles. The quantitative estimate of drug-likeness (QED) is 0.607. The van der Waals surface area contributed by atoms with Gasteiger partial charge in [-0.05, 0) is 18.4 Å². The van der Waals surface area contributed by atoms with Gasteiger partial charge in [0.2, 0.25) is 5.91 Å². The largest absolute Gasteiger partial charge is 0.445 e. The van der Waals surface area contributed by atoms with Gasteiger partial charge in [-0.2, -0.15) is 0 Å². The van der Waals surface area contributed by atoms with Crippen molar-refractivity contribution in [1.29, 1.82) is 0 Å². The molecule has 2 unspecified atom stereocenters. The lowest BCUT2D eigenvalue weighted by atomic mass is 10.0. The van der Waals surface area contributed by atoms with Gasteiger partial charge >= 0.3 is 6.09 Å². The molecule has 0 aliphatic heterocycles. The number of benzene rings is 1. The Bertz CT molecular complexity index is 600. The van der Waals surface area contributed by atoms with Crippen LogP contribution in [0.5, 0.6) is 0 Å². The van der Waals surface area contributed by atoms with E-state index in [2.05, 4.69) is 10.6 Å². The van der Waals surface area contributed by atoms with E-state index in [9.17, 15) is 19.1 Å². The summed E-state index contributed by atoms with van der Waals surface area (Å²) in [6.45, 7) is 4.24. The fourth-order valence-electron chi connectivity index (χ4n) is 2.31. The molecule has 3 N–H and O–H groups in total. The van der Waals surface area contributed by atoms with E-state index in [1.807, 2.05) is 0 Å². The van der Waals surface area contributed by atoms with Crippen LogP contribution in [-0.4, -0.2) is 42.0 Å². The predicted molar refractivity (Wildman–Crippen MR) is 97.6 cm³/mol. The standard InChI is InChI=1S/C18H26ClFN2O4/c1-4-14(15(23)9-20)21-17(24)16(11(2)3)22-18(25)26-10-12-7-5-6-8-13(12)19/h5-8,11,14-16,23H,4,9-10H2,1-3H3,(H,21,24)(H,22,25)/t14?,15?,16-/m0/s1. The molecule has 0 spiro atoms. The minimum absolute atomic E-state index is 0.0317. The Balaban J connectivity index is 2.64. The van der Waals surface area contributed by atoms with Crippen LogP contribution in [0.15, 0.2) is 24.3 Å². The molecule has 6 nitrogen and oxygen atoms in total. The van der Waals surface area contributed by atoms with Crippen LogP contribution in [0.1, 0.15) is 32.8 Å². The van der Waals surface area contributed by atoms with Crippen LogP contribution in [0.3, 0.4) is 0 Å². The third-order valence-electron chi connectivity index (χ3n) is 3.93. The van der Waals surface area contributed by atoms with Crippen LogP contribution in [0, 0.1) is 5.92 Å². The van der Waals surface area contributed by atoms with Crippen LogP contribution in [0.4, 0.5) is 9.18 Å². The summed E-state index contributed by atoms with van der Waals surface area (Å²) in [5.74, 6) is -0.739. The fraction of sp³-hybridized carbons (Fsp3) is 0.556. The Morgan fingerprint density at radius 1 is 1.27 bits per heavy atom. The van der Waals surface area contributed by atoms with Crippen molar-refractivity contribution in [2.45, 2.75) is 52.0 Å². The number of alkyl halides is 1. The molecular formula is C18H26ClFN2O4. The number of halogens is 2. The number of alkyl carbamates (subject to hydrolysis) is 1. The Kier molecular flexibility index (Phi) is 9.37. The second-order valence-corrected chi connectivity index (χ2v) is 6.69. The number of carbonyl (C=O) groups excluding carboxylic acids is 2. The van der Waals surface area contributed by atoms with Crippen LogP contribution in [0.25, 0.3) is 0 Å². The van der Waals surface area contributed by atoms with Crippen molar-refractivity contribution in [1.82, 2.24) is 10.6 Å². The Morgan fingerprint density at radius 3 is 2.46 bits per heavy atom. The summed E-state index contributed by atoms with van der Waals surface area (Å²) < 4.78 is 17.8. The van der Waals surface area contributed by atoms with E-state index >= 15 is 0 Å². The van der Waals surface area contributed by atoms with Gasteiger partial charge in [-0.3, -0.25) is 4.79 Å². The van der Waals surface area contributed by atoms with Gasteiger partial charge in [0.25, 0.3) is 0 Å². The van der Waals surface area contributed by atoms with E-state index in [-0.39, 0.29) is 12.5 Å². The van der Waals surface area contributed by atoms with Crippen LogP contribution < -0.4 is 10.6 Å². The van der Waals surface area contributed by atoms with Crippen LogP contribution >= 0.6 is 11.6 Å². The molecule has 0 heterocycles. The molecule has 0 fully saturated rings. The van der Waals surface area contributed by atoms with Crippen molar-refractivity contribution < 1.29 is 23.8 Å². The Morgan fingerprint density at radius 2 is 1.92 bits per heavy atom. The van der Waals surface area contributed by atoms with Gasteiger partial charge in [0, 0.05) is 10.6 Å². The zero-order valence-electron chi connectivity index (χ0n) is 15.2. The third-order valence-corrected chi connectivity index (χ3v) is 4.30. The number of hydrogen-bond acceptors (Lipinski definition) is 4. The number of aliphatic hydroxyl groups excluding tert-OH is 1. The monoisotopic (exact) mass is 388 g/mol. The molecule has 0 bridgehead atoms. The first-order valence-corrected chi connectivity index (χ1v) is 8.89. The van der Waals surface area contributed by atoms with Gasteiger partial charge in [0.1, 0.15) is 25.4 Å². The van der Waals surface area contributed by atoms with E-state index in [1.165, 1.54) is 0 Å². The van der Waals surface area contributed by atoms with E-state index in [0.29, 0.717) is 17.0 Å². The normalized spacial score (nSPS) is 14.4. The molecule has 0 aliphatic rings. The van der Waals surface area contributed by atoms with Crippen molar-refractivity contribution in [3.63, 3.8) is 0 Å². The average Bonchev–Trinajstić information content (AvgIpc) is 2.62. The zero-order valence-corrected chi connectivity index (χ0v) is 15.9. The summed E-state index contributed by atoms with van der Waals surface area (Å²) in [5.41, 5.74) is 0.645. The van der Waals surface area contributed by atoms with E-state index in [0.717, 1.165) is 0 Å². The lowest BCUT2D eigenvalue weighted by molar-refractivity contribution is -0.125. The summed E-state index contributed by atoms with van der Waals surface area (Å²) >= 11 is 6.00. The number of nitrogens with one attached hydrogen (secondary N) is 2. The molecule has 1 aromatic carbocycles. The first kappa shape index (κ1) is 22.2. The number of amides is 2. The molecule has 146 valence electrons. The van der Waals surface area contributed by atoms with E-state index in [4.69, 9.17) is 16.3 Å². The van der Waals surface area contributed by atoms with Gasteiger partial charge in [0.05, 0.1) is 6.04 Å². The lowest BCUT2D eigenvalue weighted by Gasteiger charge is -2.26. The zero-order chi connectivity index (χ0) is 19.7. The molecule has 0 saturated heterocycles. The molecule has 0 radical (unpaired) electrons. The van der Waals surface area contributed by atoms with Gasteiger partial charge < -0.3 is 20.5 Å². The van der Waals surface area contributed by atoms with Crippen molar-refractivity contribution in [3.05, 3.63) is 34.9 Å². The third kappa shape index (κ3) is 6.80. The van der Waals surface area contributed by atoms with Crippen molar-refractivity contribution >= 4 is 23.6 Å². The highest BCUT2D eigenvalue weighted by Crippen LogP contribution is 2.16. The Hall–Kier alpha value is -1.86. The minimum atomic E-state index is -1.29. The molecule has 1 rings (SSSR count). The fourth-order valence-corrected chi connectivity index (χ4v) is 2.50. The molecule has 8 heteroatoms. The molecule has 1 aromatic rings. The van der Waals surface area contributed by atoms with Crippen LogP contribution in [-0.2, 0) is 16.1 Å². The topological polar surface area (TPSA) is 87.7 Å². The molecule has 0 saturated carbocycles. The number of carbonyl (C=O) groups is 2. The van der Waals surface area contributed by atoms with E-state index < -0.39 is 36.9 Å². The lowest BCUT2D eigenvalue weighted by Crippen LogP contribution is -2.54. The first-order valence-electron chi connectivity index (χ1n) is 8.51. The maximum atomic E-state index is 12.6. The number of rotatable bonds is 9. The van der Waals surface area contributed by atoms with Gasteiger partial charge in [-0.25, -0.2) is 9.18 Å². The first-order chi connectivity index (χ1) is 12.3. The second-order valence-electron chi connectivity index (χ2n) is 6.28. The molecular weight excluding hydrogens is 363 g/mol. The summed E-state index contributed by atoms with van der Waals surface area (Å²) in [7, 11) is 0. The highest BCUT2D eigenvalue weighted by molar-refractivity contribution is 6.31. The van der Waals surface area contributed by atoms with Crippen molar-refractivity contribution in [2.75, 3.05) is 6.67 Å². The average molecular weight is 389 g/mol. The van der Waals surface area contributed by atoms with Crippen molar-refractivity contribution in [2.24, 2.45) is 5.92 Å². The van der Waals surface area contributed by atoms with Gasteiger partial charge in [0.15, 0.2) is 0 Å². The van der Waals surface area contributed by atoms with Crippen LogP contribution in [0.2, 0.25) is 5.02 Å². The molecule has 26 heavy (non-hydrogen) atoms. The van der Waals surface area contributed by atoms with Crippen molar-refractivity contribution in [3.8, 4) is 0 Å². The molecule has 0 aliphatic carbocycles. The number of hydrogen-bond donors (Lipinski definition) is 3. The summed E-state index contributed by atoms with van der Waals surface area (Å²) in [5, 5.41) is 15.1. The highest BCUT2D eigenvalue weighted by atomic mass is 35.5. The SMILES string of the molecule is CCC(NC(=O)[C@@H](NC(=O)OCc1ccccc1Cl)C(C)C)C(O)CF.